The Labute approximate surface area is 128 Å². The summed E-state index contributed by atoms with van der Waals surface area (Å²) in [5.41, 5.74) is 3.54. The topological polar surface area (TPSA) is 92.5 Å². The Balaban J connectivity index is 1.56. The highest BCUT2D eigenvalue weighted by Gasteiger charge is 2.12. The van der Waals surface area contributed by atoms with Gasteiger partial charge >= 0.3 is 0 Å². The van der Waals surface area contributed by atoms with Crippen LogP contribution in [0.15, 0.2) is 36.7 Å². The second kappa shape index (κ2) is 6.48. The fourth-order valence-corrected chi connectivity index (χ4v) is 2.25. The lowest BCUT2D eigenvalue weighted by Crippen LogP contribution is -2.02. The fourth-order valence-electron chi connectivity index (χ4n) is 2.25. The van der Waals surface area contributed by atoms with Gasteiger partial charge in [0.15, 0.2) is 0 Å². The Morgan fingerprint density at radius 2 is 2.05 bits per heavy atom. The summed E-state index contributed by atoms with van der Waals surface area (Å²) in [5.74, 6) is 0.326. The third kappa shape index (κ3) is 3.56. The van der Waals surface area contributed by atoms with Crippen molar-refractivity contribution in [1.29, 1.82) is 0 Å². The zero-order valence-electron chi connectivity index (χ0n) is 12.3. The molecule has 0 amide bonds. The van der Waals surface area contributed by atoms with Gasteiger partial charge in [-0.1, -0.05) is 35.0 Å². The van der Waals surface area contributed by atoms with Crippen molar-refractivity contribution in [3.63, 3.8) is 0 Å². The minimum atomic E-state index is -0.709. The minimum absolute atomic E-state index is 0.326. The number of aryl methyl sites for hydroxylation is 2. The van der Waals surface area contributed by atoms with Gasteiger partial charge in [0.25, 0.3) is 0 Å². The Morgan fingerprint density at radius 1 is 1.23 bits per heavy atom. The van der Waals surface area contributed by atoms with Gasteiger partial charge in [-0.05, 0) is 30.9 Å². The van der Waals surface area contributed by atoms with Gasteiger partial charge in [0.2, 0.25) is 5.82 Å². The quantitative estimate of drug-likeness (QED) is 0.718. The highest BCUT2D eigenvalue weighted by molar-refractivity contribution is 5.21. The van der Waals surface area contributed by atoms with Crippen LogP contribution in [0.2, 0.25) is 0 Å². The van der Waals surface area contributed by atoms with Gasteiger partial charge < -0.3 is 5.11 Å². The number of aromatic amines is 1. The first-order chi connectivity index (χ1) is 10.7. The maximum absolute atomic E-state index is 9.93. The zero-order chi connectivity index (χ0) is 15.4. The third-order valence-electron chi connectivity index (χ3n) is 3.52. The molecule has 7 nitrogen and oxygen atoms in total. The van der Waals surface area contributed by atoms with E-state index in [1.165, 1.54) is 11.1 Å². The maximum Gasteiger partial charge on any atom is 0.202 e. The summed E-state index contributed by atoms with van der Waals surface area (Å²) in [7, 11) is 0. The van der Waals surface area contributed by atoms with Gasteiger partial charge in [0, 0.05) is 6.20 Å². The number of H-pyrrole nitrogens is 1. The smallest absolute Gasteiger partial charge is 0.202 e. The van der Waals surface area contributed by atoms with Crippen molar-refractivity contribution in [2.75, 3.05) is 0 Å². The summed E-state index contributed by atoms with van der Waals surface area (Å²) in [6, 6.07) is 8.41. The van der Waals surface area contributed by atoms with Crippen LogP contribution in [0, 0.1) is 6.92 Å². The first-order valence-corrected chi connectivity index (χ1v) is 7.19. The van der Waals surface area contributed by atoms with E-state index in [1.54, 1.807) is 0 Å². The molecule has 114 valence electrons. The first-order valence-electron chi connectivity index (χ1n) is 7.19. The molecule has 2 aromatic heterocycles. The van der Waals surface area contributed by atoms with E-state index < -0.39 is 6.10 Å². The number of tetrazole rings is 1. The van der Waals surface area contributed by atoms with Crippen LogP contribution in [0.1, 0.15) is 35.0 Å². The van der Waals surface area contributed by atoms with E-state index in [4.69, 9.17) is 0 Å². The summed E-state index contributed by atoms with van der Waals surface area (Å²) in [6.45, 7) is 2.82. The van der Waals surface area contributed by atoms with Gasteiger partial charge in [0.1, 0.15) is 6.10 Å². The van der Waals surface area contributed by atoms with Crippen molar-refractivity contribution >= 4 is 0 Å². The van der Waals surface area contributed by atoms with Crippen LogP contribution in [0.25, 0.3) is 0 Å². The van der Waals surface area contributed by atoms with Crippen LogP contribution in [0.3, 0.4) is 0 Å². The van der Waals surface area contributed by atoms with E-state index in [0.29, 0.717) is 18.7 Å². The molecule has 0 saturated carbocycles. The summed E-state index contributed by atoms with van der Waals surface area (Å²) in [6.07, 6.45) is 4.37. The number of benzene rings is 1. The standard InChI is InChI=1S/C15H18N6O/c1-11-2-4-12(5-3-11)9-21-10-13(8-16-21)6-7-14(22)15-17-19-20-18-15/h2-5,8,10,14,22H,6-7,9H2,1H3,(H,17,18,19,20). The van der Waals surface area contributed by atoms with Crippen molar-refractivity contribution < 1.29 is 5.11 Å². The molecule has 3 rings (SSSR count). The molecule has 2 N–H and O–H groups in total. The average Bonchev–Trinajstić information content (AvgIpc) is 3.19. The number of nitrogens with zero attached hydrogens (tertiary/aromatic N) is 5. The number of hydrogen-bond donors (Lipinski definition) is 2. The monoisotopic (exact) mass is 298 g/mol. The first kappa shape index (κ1) is 14.4. The highest BCUT2D eigenvalue weighted by atomic mass is 16.3. The van der Waals surface area contributed by atoms with Gasteiger partial charge in [-0.2, -0.15) is 10.3 Å². The molecule has 0 fully saturated rings. The molecule has 0 aliphatic rings. The molecular formula is C15H18N6O. The molecule has 1 unspecified atom stereocenters. The number of rotatable bonds is 6. The lowest BCUT2D eigenvalue weighted by atomic mass is 10.1. The molecule has 1 atom stereocenters. The lowest BCUT2D eigenvalue weighted by Gasteiger charge is -2.04. The maximum atomic E-state index is 9.93. The van der Waals surface area contributed by atoms with E-state index >= 15 is 0 Å². The van der Waals surface area contributed by atoms with Gasteiger partial charge in [-0.15, -0.1) is 10.2 Å². The number of aromatic nitrogens is 6. The zero-order valence-corrected chi connectivity index (χ0v) is 12.3. The molecule has 0 aliphatic heterocycles. The molecule has 0 bridgehead atoms. The summed E-state index contributed by atoms with van der Waals surface area (Å²) >= 11 is 0. The largest absolute Gasteiger partial charge is 0.385 e. The second-order valence-corrected chi connectivity index (χ2v) is 5.36. The van der Waals surface area contributed by atoms with Crippen LogP contribution in [-0.2, 0) is 13.0 Å². The molecule has 2 heterocycles. The Hall–Kier alpha value is -2.54. The van der Waals surface area contributed by atoms with Crippen LogP contribution < -0.4 is 0 Å². The van der Waals surface area contributed by atoms with Gasteiger partial charge in [-0.3, -0.25) is 4.68 Å². The Morgan fingerprint density at radius 3 is 2.77 bits per heavy atom. The average molecular weight is 298 g/mol. The van der Waals surface area contributed by atoms with Crippen LogP contribution in [0.4, 0.5) is 0 Å². The molecule has 7 heteroatoms. The molecule has 22 heavy (non-hydrogen) atoms. The summed E-state index contributed by atoms with van der Waals surface area (Å²) in [4.78, 5) is 0. The van der Waals surface area contributed by atoms with Crippen LogP contribution in [-0.4, -0.2) is 35.5 Å². The van der Waals surface area contributed by atoms with Crippen molar-refractivity contribution in [1.82, 2.24) is 30.4 Å². The van der Waals surface area contributed by atoms with Gasteiger partial charge in [0.05, 0.1) is 12.7 Å². The molecule has 0 aliphatic carbocycles. The highest BCUT2D eigenvalue weighted by Crippen LogP contribution is 2.14. The van der Waals surface area contributed by atoms with Crippen molar-refractivity contribution in [3.05, 3.63) is 59.2 Å². The van der Waals surface area contributed by atoms with E-state index in [9.17, 15) is 5.11 Å². The molecule has 0 saturated heterocycles. The predicted octanol–water partition coefficient (Wildman–Crippen LogP) is 1.42. The van der Waals surface area contributed by atoms with Crippen molar-refractivity contribution in [3.8, 4) is 0 Å². The fraction of sp³-hybridized carbons (Fsp3) is 0.333. The molecule has 0 spiro atoms. The van der Waals surface area contributed by atoms with Crippen LogP contribution in [0.5, 0.6) is 0 Å². The molecule has 3 aromatic rings. The lowest BCUT2D eigenvalue weighted by molar-refractivity contribution is 0.158. The second-order valence-electron chi connectivity index (χ2n) is 5.36. The molecule has 0 radical (unpaired) electrons. The number of hydrogen-bond acceptors (Lipinski definition) is 5. The van der Waals surface area contributed by atoms with Crippen LogP contribution >= 0.6 is 0 Å². The predicted molar refractivity (Wildman–Crippen MR) is 80.0 cm³/mol. The number of aliphatic hydroxyl groups is 1. The molecular weight excluding hydrogens is 280 g/mol. The number of aliphatic hydroxyl groups excluding tert-OH is 1. The summed E-state index contributed by atoms with van der Waals surface area (Å²) in [5, 5.41) is 27.6. The Bertz CT molecular complexity index is 704. The Kier molecular flexibility index (Phi) is 4.24. The molecule has 1 aromatic carbocycles. The summed E-state index contributed by atoms with van der Waals surface area (Å²) < 4.78 is 1.90. The van der Waals surface area contributed by atoms with E-state index in [2.05, 4.69) is 56.9 Å². The number of nitrogens with one attached hydrogen (secondary N) is 1. The van der Waals surface area contributed by atoms with E-state index in [0.717, 1.165) is 12.1 Å². The van der Waals surface area contributed by atoms with Crippen molar-refractivity contribution in [2.24, 2.45) is 0 Å². The van der Waals surface area contributed by atoms with E-state index in [1.807, 2.05) is 17.1 Å². The minimum Gasteiger partial charge on any atom is -0.385 e. The SMILES string of the molecule is Cc1ccc(Cn2cc(CCC(O)c3nn[nH]n3)cn2)cc1. The van der Waals surface area contributed by atoms with Gasteiger partial charge in [-0.25, -0.2) is 0 Å². The van der Waals surface area contributed by atoms with Crippen molar-refractivity contribution in [2.45, 2.75) is 32.4 Å². The third-order valence-corrected chi connectivity index (χ3v) is 3.52. The normalized spacial score (nSPS) is 12.5. The van der Waals surface area contributed by atoms with E-state index in [-0.39, 0.29) is 0 Å².